The van der Waals surface area contributed by atoms with Crippen LogP contribution in [0.1, 0.15) is 354 Å². The first-order valence-electron chi connectivity index (χ1n) is 45.7. The zero-order valence-corrected chi connectivity index (χ0v) is 79.6. The molecule has 0 saturated heterocycles. The third-order valence-corrected chi connectivity index (χ3v) is 36.6. The van der Waals surface area contributed by atoms with Gasteiger partial charge in [0.05, 0.1) is 32.3 Å². The number of nitrogens with zero attached hydrogens (tertiary/aromatic N) is 2. The molecule has 114 heavy (non-hydrogen) atoms. The van der Waals surface area contributed by atoms with Gasteiger partial charge in [0.25, 0.3) is 11.8 Å². The van der Waals surface area contributed by atoms with Gasteiger partial charge in [-0.2, -0.15) is 0 Å². The Balaban J connectivity index is 0.922. The fourth-order valence-electron chi connectivity index (χ4n) is 17.6. The van der Waals surface area contributed by atoms with Crippen molar-refractivity contribution in [2.75, 3.05) is 13.1 Å². The lowest BCUT2D eigenvalue weighted by molar-refractivity contribution is -0.124. The second kappa shape index (κ2) is 46.1. The molecule has 12 heterocycles. The molecule has 2 unspecified atom stereocenters. The van der Waals surface area contributed by atoms with E-state index in [1.54, 1.807) is 11.1 Å². The molecule has 2 amide bonds. The van der Waals surface area contributed by atoms with E-state index >= 15 is 9.59 Å². The van der Waals surface area contributed by atoms with Crippen LogP contribution in [0.15, 0.2) is 83.9 Å². The number of amides is 2. The minimum atomic E-state index is 0.0492. The molecule has 0 fully saturated rings. The Morgan fingerprint density at radius 1 is 0.263 bits per heavy atom. The van der Waals surface area contributed by atoms with E-state index < -0.39 is 0 Å². The lowest BCUT2D eigenvalue weighted by atomic mass is 9.93. The van der Waals surface area contributed by atoms with Crippen LogP contribution in [0.3, 0.4) is 0 Å². The SMILES string of the molecule is CCCCCCCCC(CCCCCC)CN1C(=O)C2=C(c3ccc(-c4cc(CCCCCC)c(-c5cc6sc(-c7cc(CCCCCC)c(-c8sc(-c9cc%10sc(C)cc%10s9)cc8CCCCCC)s7)cc6s5)s4)s3)N(CC(CCCCCC)CCCCCCCC)C(=O)C2=C1c1ccc(-c2cc(CCCCCC)c(C)s2)s1. The van der Waals surface area contributed by atoms with Crippen LogP contribution in [0.5, 0.6) is 0 Å². The molecule has 2 aliphatic rings. The van der Waals surface area contributed by atoms with Crippen LogP contribution in [0, 0.1) is 25.7 Å². The summed E-state index contributed by atoms with van der Waals surface area (Å²) in [4.78, 5) is 59.2. The highest BCUT2D eigenvalue weighted by atomic mass is 32.1. The van der Waals surface area contributed by atoms with Gasteiger partial charge in [0.15, 0.2) is 0 Å². The second-order valence-corrected chi connectivity index (χ2v) is 44.7. The highest BCUT2D eigenvalue weighted by Crippen LogP contribution is 2.55. The number of hydrogen-bond acceptors (Lipinski definition) is 12. The van der Waals surface area contributed by atoms with Crippen LogP contribution in [0.25, 0.3) is 88.7 Å². The molecular formula is C100H136N2O2S10. The first kappa shape index (κ1) is 89.2. The molecule has 0 aromatic carbocycles. The summed E-state index contributed by atoms with van der Waals surface area (Å²) >= 11 is 19.6. The van der Waals surface area contributed by atoms with E-state index in [1.165, 1.54) is 329 Å². The number of aryl methyl sites for hydroxylation is 6. The summed E-state index contributed by atoms with van der Waals surface area (Å²) in [5, 5.41) is 0. The van der Waals surface area contributed by atoms with E-state index in [1.807, 2.05) is 90.7 Å². The van der Waals surface area contributed by atoms with E-state index in [4.69, 9.17) is 0 Å². The number of carbonyl (C=O) groups excluding carboxylic acids is 2. The zero-order chi connectivity index (χ0) is 79.7. The average molecular weight is 1720 g/mol. The number of hydrogen-bond donors (Lipinski definition) is 0. The summed E-state index contributed by atoms with van der Waals surface area (Å²) in [6, 6.07) is 29.4. The Kier molecular flexibility index (Phi) is 36.1. The van der Waals surface area contributed by atoms with Gasteiger partial charge >= 0.3 is 0 Å². The maximum atomic E-state index is 16.6. The molecule has 0 spiro atoms. The number of carbonyl (C=O) groups is 2. The fraction of sp³-hybridized carbons (Fsp3) is 0.580. The highest BCUT2D eigenvalue weighted by molar-refractivity contribution is 7.35. The zero-order valence-electron chi connectivity index (χ0n) is 71.4. The molecule has 0 radical (unpaired) electrons. The average Bonchev–Trinajstić information content (AvgIpc) is 1.55. The molecular weight excluding hydrogens is 1580 g/mol. The molecule has 12 rings (SSSR count). The molecule has 10 aromatic rings. The third-order valence-electron chi connectivity index (χ3n) is 24.2. The van der Waals surface area contributed by atoms with Gasteiger partial charge in [-0.05, 0) is 198 Å². The van der Waals surface area contributed by atoms with Crippen molar-refractivity contribution < 1.29 is 9.59 Å². The lowest BCUT2D eigenvalue weighted by Gasteiger charge is -2.29. The van der Waals surface area contributed by atoms with Gasteiger partial charge in [0.2, 0.25) is 0 Å². The van der Waals surface area contributed by atoms with Crippen molar-refractivity contribution >= 4 is 155 Å². The smallest absolute Gasteiger partial charge is 0.261 e. The molecule has 10 aromatic heterocycles. The predicted octanol–water partition coefficient (Wildman–Crippen LogP) is 36.2. The first-order chi connectivity index (χ1) is 55.9. The summed E-state index contributed by atoms with van der Waals surface area (Å²) in [6.07, 6.45) is 53.8. The van der Waals surface area contributed by atoms with Crippen LogP contribution in [-0.4, -0.2) is 34.7 Å². The van der Waals surface area contributed by atoms with Gasteiger partial charge in [-0.1, -0.05) is 261 Å². The molecule has 0 aliphatic carbocycles. The minimum Gasteiger partial charge on any atom is -0.306 e. The summed E-state index contributed by atoms with van der Waals surface area (Å²) < 4.78 is 5.64. The third kappa shape index (κ3) is 23.3. The summed E-state index contributed by atoms with van der Waals surface area (Å²) in [6.45, 7) is 24.4. The molecule has 0 bridgehead atoms. The monoisotopic (exact) mass is 1720 g/mol. The minimum absolute atomic E-state index is 0.0492. The van der Waals surface area contributed by atoms with Crippen molar-refractivity contribution in [3.05, 3.63) is 126 Å². The van der Waals surface area contributed by atoms with Crippen molar-refractivity contribution in [1.29, 1.82) is 0 Å². The van der Waals surface area contributed by atoms with Crippen molar-refractivity contribution in [3.8, 4) is 58.5 Å². The quantitative estimate of drug-likeness (QED) is 0.0357. The Labute approximate surface area is 728 Å². The number of fused-ring (bicyclic) bond motifs is 3. The first-order valence-corrected chi connectivity index (χ1v) is 53.9. The van der Waals surface area contributed by atoms with Crippen molar-refractivity contribution in [3.63, 3.8) is 0 Å². The molecule has 0 N–H and O–H groups in total. The fourth-order valence-corrected chi connectivity index (χ4v) is 29.8. The molecule has 2 aliphatic heterocycles. The summed E-state index contributed by atoms with van der Waals surface area (Å²) in [5.41, 5.74) is 9.15. The highest BCUT2D eigenvalue weighted by Gasteiger charge is 2.50. The maximum absolute atomic E-state index is 16.6. The standard InChI is InChI=1S/C100H136N2O2S10/c1-11-19-27-35-37-41-49-71(47-39-29-21-13-3)67-101-94(79-57-55-77(107-79)82-60-73(70(10)106-82)51-43-31-23-15-5)92-93(100(101)104)95(102(99(92)103)68-72(48-40-30-22-14-4)50-42-38-36-28-20-12-2)80-58-56-78(108-80)83-61-74(52-44-32-24-16-6)96(112-83)91-66-90-89(111-91)65-88(110-90)85-63-76(54-46-34-26-18-8)98(114-85)97-75(53-45-33-25-17-7)62-84(113-97)87-64-86-81(109-87)59-69(9)105-86/h55-66,71-72H,11-54,67-68H2,1-10H3. The Hall–Kier alpha value is -4.06. The number of rotatable bonds is 56. The van der Waals surface area contributed by atoms with E-state index in [0.717, 1.165) is 72.5 Å². The summed E-state index contributed by atoms with van der Waals surface area (Å²) in [5.74, 6) is 0.805. The van der Waals surface area contributed by atoms with Crippen LogP contribution in [0.4, 0.5) is 0 Å². The summed E-state index contributed by atoms with van der Waals surface area (Å²) in [7, 11) is 0. The van der Waals surface area contributed by atoms with Crippen LogP contribution >= 0.6 is 113 Å². The van der Waals surface area contributed by atoms with Gasteiger partial charge in [-0.3, -0.25) is 9.59 Å². The number of unbranched alkanes of at least 4 members (excludes halogenated alkanes) is 28. The molecule has 14 heteroatoms. The Bertz CT molecular complexity index is 4610. The molecule has 0 saturated carbocycles. The Morgan fingerprint density at radius 2 is 0.553 bits per heavy atom. The second-order valence-electron chi connectivity index (χ2n) is 33.6. The van der Waals surface area contributed by atoms with E-state index in [2.05, 4.69) is 175 Å². The maximum Gasteiger partial charge on any atom is 0.261 e. The van der Waals surface area contributed by atoms with Crippen molar-refractivity contribution in [2.24, 2.45) is 11.8 Å². The van der Waals surface area contributed by atoms with Crippen LogP contribution < -0.4 is 0 Å². The van der Waals surface area contributed by atoms with E-state index in [0.29, 0.717) is 36.1 Å². The van der Waals surface area contributed by atoms with Crippen LogP contribution in [-0.2, 0) is 35.3 Å². The Morgan fingerprint density at radius 3 is 0.965 bits per heavy atom. The van der Waals surface area contributed by atoms with Crippen molar-refractivity contribution in [2.45, 2.75) is 352 Å². The normalized spacial score (nSPS) is 13.9. The molecule has 2 atom stereocenters. The largest absolute Gasteiger partial charge is 0.306 e. The van der Waals surface area contributed by atoms with Gasteiger partial charge in [-0.15, -0.1) is 113 Å². The topological polar surface area (TPSA) is 40.6 Å². The van der Waals surface area contributed by atoms with E-state index in [-0.39, 0.29) is 11.8 Å². The lowest BCUT2D eigenvalue weighted by Crippen LogP contribution is -2.34. The van der Waals surface area contributed by atoms with Crippen LogP contribution in [0.2, 0.25) is 0 Å². The predicted molar refractivity (Wildman–Crippen MR) is 518 cm³/mol. The van der Waals surface area contributed by atoms with E-state index in [9.17, 15) is 0 Å². The molecule has 618 valence electrons. The van der Waals surface area contributed by atoms with Gasteiger partial charge in [0, 0.05) is 100 Å². The molecule has 4 nitrogen and oxygen atoms in total. The van der Waals surface area contributed by atoms with Gasteiger partial charge in [-0.25, -0.2) is 0 Å². The van der Waals surface area contributed by atoms with Gasteiger partial charge in [0.1, 0.15) is 0 Å². The van der Waals surface area contributed by atoms with Crippen molar-refractivity contribution in [1.82, 2.24) is 9.80 Å². The van der Waals surface area contributed by atoms with Gasteiger partial charge < -0.3 is 9.80 Å². The number of thiophene rings is 10.